The van der Waals surface area contributed by atoms with Gasteiger partial charge in [0.25, 0.3) is 0 Å². The molecular formula is C15H28N2O3. The second kappa shape index (κ2) is 8.25. The number of carboxylic acid groups (broad SMARTS) is 1. The lowest BCUT2D eigenvalue weighted by Crippen LogP contribution is -2.40. The van der Waals surface area contributed by atoms with Crippen LogP contribution in [0.1, 0.15) is 40.0 Å². The fourth-order valence-corrected chi connectivity index (χ4v) is 3.07. The van der Waals surface area contributed by atoms with Gasteiger partial charge >= 0.3 is 5.97 Å². The molecule has 1 rings (SSSR count). The van der Waals surface area contributed by atoms with Crippen molar-refractivity contribution in [1.82, 2.24) is 10.2 Å². The van der Waals surface area contributed by atoms with Crippen LogP contribution in [-0.2, 0) is 9.59 Å². The third kappa shape index (κ3) is 4.78. The Bertz CT molecular complexity index is 333. The number of carbonyl (C=O) groups is 2. The summed E-state index contributed by atoms with van der Waals surface area (Å²) in [6.07, 6.45) is 2.41. The molecule has 1 fully saturated rings. The molecule has 0 radical (unpaired) electrons. The van der Waals surface area contributed by atoms with E-state index in [1.807, 2.05) is 6.92 Å². The second-order valence-corrected chi connectivity index (χ2v) is 5.85. The summed E-state index contributed by atoms with van der Waals surface area (Å²) in [5.41, 5.74) is 0. The van der Waals surface area contributed by atoms with Crippen LogP contribution in [-0.4, -0.2) is 48.1 Å². The minimum absolute atomic E-state index is 0.0886. The monoisotopic (exact) mass is 284 g/mol. The smallest absolute Gasteiger partial charge is 0.307 e. The van der Waals surface area contributed by atoms with Crippen LogP contribution in [0.5, 0.6) is 0 Å². The first-order valence-electron chi connectivity index (χ1n) is 7.72. The third-order valence-electron chi connectivity index (χ3n) is 4.17. The van der Waals surface area contributed by atoms with Crippen LogP contribution < -0.4 is 5.32 Å². The SMILES string of the molecule is CCCN(CC)CCNC(=O)C1CC(C)CC1C(=O)O. The van der Waals surface area contributed by atoms with Crippen LogP contribution in [0.25, 0.3) is 0 Å². The summed E-state index contributed by atoms with van der Waals surface area (Å²) >= 11 is 0. The molecule has 0 aliphatic heterocycles. The molecule has 3 unspecified atom stereocenters. The van der Waals surface area contributed by atoms with Crippen molar-refractivity contribution in [2.24, 2.45) is 17.8 Å². The van der Waals surface area contributed by atoms with Gasteiger partial charge in [-0.3, -0.25) is 9.59 Å². The van der Waals surface area contributed by atoms with Crippen LogP contribution >= 0.6 is 0 Å². The van der Waals surface area contributed by atoms with Gasteiger partial charge < -0.3 is 15.3 Å². The van der Waals surface area contributed by atoms with Crippen LogP contribution in [0.3, 0.4) is 0 Å². The maximum atomic E-state index is 12.1. The molecule has 1 saturated carbocycles. The molecule has 0 heterocycles. The summed E-state index contributed by atoms with van der Waals surface area (Å²) in [6, 6.07) is 0. The lowest BCUT2D eigenvalue weighted by Gasteiger charge is -2.21. The van der Waals surface area contributed by atoms with Crippen LogP contribution in [0.15, 0.2) is 0 Å². The molecule has 0 aromatic rings. The molecule has 0 aromatic heterocycles. The molecule has 0 saturated heterocycles. The van der Waals surface area contributed by atoms with Gasteiger partial charge in [-0.2, -0.15) is 0 Å². The molecule has 20 heavy (non-hydrogen) atoms. The fraction of sp³-hybridized carbons (Fsp3) is 0.867. The van der Waals surface area contributed by atoms with E-state index in [9.17, 15) is 14.7 Å². The maximum Gasteiger partial charge on any atom is 0.307 e. The van der Waals surface area contributed by atoms with Crippen molar-refractivity contribution in [3.8, 4) is 0 Å². The van der Waals surface area contributed by atoms with E-state index < -0.39 is 11.9 Å². The molecule has 1 aliphatic rings. The van der Waals surface area contributed by atoms with Crippen LogP contribution in [0, 0.1) is 17.8 Å². The van der Waals surface area contributed by atoms with Gasteiger partial charge in [0.2, 0.25) is 5.91 Å². The predicted octanol–water partition coefficient (Wildman–Crippen LogP) is 1.58. The molecule has 0 aromatic carbocycles. The van der Waals surface area contributed by atoms with Crippen molar-refractivity contribution in [3.05, 3.63) is 0 Å². The largest absolute Gasteiger partial charge is 0.481 e. The summed E-state index contributed by atoms with van der Waals surface area (Å²) in [4.78, 5) is 25.6. The first-order chi connectivity index (χ1) is 9.49. The van der Waals surface area contributed by atoms with Crippen molar-refractivity contribution in [2.45, 2.75) is 40.0 Å². The lowest BCUT2D eigenvalue weighted by molar-refractivity contribution is -0.146. The Morgan fingerprint density at radius 2 is 1.85 bits per heavy atom. The van der Waals surface area contributed by atoms with E-state index in [4.69, 9.17) is 0 Å². The number of carboxylic acids is 1. The number of aliphatic carboxylic acids is 1. The number of carbonyl (C=O) groups excluding carboxylic acids is 1. The highest BCUT2D eigenvalue weighted by Crippen LogP contribution is 2.36. The maximum absolute atomic E-state index is 12.1. The highest BCUT2D eigenvalue weighted by atomic mass is 16.4. The molecule has 3 atom stereocenters. The molecule has 0 bridgehead atoms. The van der Waals surface area contributed by atoms with E-state index in [1.165, 1.54) is 0 Å². The van der Waals surface area contributed by atoms with E-state index in [0.717, 1.165) is 26.1 Å². The predicted molar refractivity (Wildman–Crippen MR) is 78.4 cm³/mol. The summed E-state index contributed by atoms with van der Waals surface area (Å²) in [5.74, 6) is -1.48. The van der Waals surface area contributed by atoms with Crippen molar-refractivity contribution in [1.29, 1.82) is 0 Å². The minimum atomic E-state index is -0.837. The highest BCUT2D eigenvalue weighted by molar-refractivity contribution is 5.85. The summed E-state index contributed by atoms with van der Waals surface area (Å²) in [6.45, 7) is 9.70. The van der Waals surface area contributed by atoms with Crippen molar-refractivity contribution in [2.75, 3.05) is 26.2 Å². The topological polar surface area (TPSA) is 69.6 Å². The highest BCUT2D eigenvalue weighted by Gasteiger charge is 2.40. The number of nitrogens with zero attached hydrogens (tertiary/aromatic N) is 1. The summed E-state index contributed by atoms with van der Waals surface area (Å²) in [7, 11) is 0. The lowest BCUT2D eigenvalue weighted by atomic mass is 9.95. The standard InChI is InChI=1S/C15H28N2O3/c1-4-7-17(5-2)8-6-16-14(18)12-9-11(3)10-13(12)15(19)20/h11-13H,4-10H2,1-3H3,(H,16,18)(H,19,20). The molecule has 116 valence electrons. The number of amides is 1. The second-order valence-electron chi connectivity index (χ2n) is 5.85. The van der Waals surface area contributed by atoms with Crippen LogP contribution in [0.2, 0.25) is 0 Å². The van der Waals surface area contributed by atoms with Gasteiger partial charge in [-0.25, -0.2) is 0 Å². The number of likely N-dealkylation sites (N-methyl/N-ethyl adjacent to an activating group) is 1. The normalized spacial score (nSPS) is 25.9. The number of rotatable bonds is 8. The molecule has 2 N–H and O–H groups in total. The molecule has 1 amide bonds. The van der Waals surface area contributed by atoms with E-state index >= 15 is 0 Å². The summed E-state index contributed by atoms with van der Waals surface area (Å²) in [5, 5.41) is 12.1. The molecule has 1 aliphatic carbocycles. The zero-order valence-corrected chi connectivity index (χ0v) is 12.9. The third-order valence-corrected chi connectivity index (χ3v) is 4.17. The average molecular weight is 284 g/mol. The molecule has 5 nitrogen and oxygen atoms in total. The molecular weight excluding hydrogens is 256 g/mol. The summed E-state index contributed by atoms with van der Waals surface area (Å²) < 4.78 is 0. The number of nitrogens with one attached hydrogen (secondary N) is 1. The van der Waals surface area contributed by atoms with E-state index in [1.54, 1.807) is 0 Å². The molecule has 0 spiro atoms. The Labute approximate surface area is 121 Å². The number of hydrogen-bond acceptors (Lipinski definition) is 3. The quantitative estimate of drug-likeness (QED) is 0.710. The first kappa shape index (κ1) is 17.0. The first-order valence-corrected chi connectivity index (χ1v) is 7.72. The van der Waals surface area contributed by atoms with Gasteiger partial charge in [-0.1, -0.05) is 20.8 Å². The fourth-order valence-electron chi connectivity index (χ4n) is 3.07. The van der Waals surface area contributed by atoms with Crippen molar-refractivity contribution in [3.63, 3.8) is 0 Å². The zero-order valence-electron chi connectivity index (χ0n) is 12.9. The Morgan fingerprint density at radius 3 is 2.40 bits per heavy atom. The zero-order chi connectivity index (χ0) is 15.1. The van der Waals surface area contributed by atoms with E-state index in [2.05, 4.69) is 24.1 Å². The van der Waals surface area contributed by atoms with Gasteiger partial charge in [0.05, 0.1) is 11.8 Å². The Morgan fingerprint density at radius 1 is 1.20 bits per heavy atom. The Kier molecular flexibility index (Phi) is 6.99. The van der Waals surface area contributed by atoms with E-state index in [-0.39, 0.29) is 11.8 Å². The Hall–Kier alpha value is -1.10. The number of hydrogen-bond donors (Lipinski definition) is 2. The molecule has 5 heteroatoms. The van der Waals surface area contributed by atoms with Gasteiger partial charge in [0.15, 0.2) is 0 Å². The van der Waals surface area contributed by atoms with Gasteiger partial charge in [0, 0.05) is 13.1 Å². The van der Waals surface area contributed by atoms with Crippen LogP contribution in [0.4, 0.5) is 0 Å². The van der Waals surface area contributed by atoms with Gasteiger partial charge in [-0.05, 0) is 38.3 Å². The van der Waals surface area contributed by atoms with Crippen molar-refractivity contribution >= 4 is 11.9 Å². The average Bonchev–Trinajstić information content (AvgIpc) is 2.80. The minimum Gasteiger partial charge on any atom is -0.481 e. The van der Waals surface area contributed by atoms with E-state index in [0.29, 0.717) is 25.3 Å². The van der Waals surface area contributed by atoms with Crippen molar-refractivity contribution < 1.29 is 14.7 Å². The van der Waals surface area contributed by atoms with Gasteiger partial charge in [0.1, 0.15) is 0 Å². The van der Waals surface area contributed by atoms with Gasteiger partial charge in [-0.15, -0.1) is 0 Å². The Balaban J connectivity index is 2.40.